The smallest absolute Gasteiger partial charge is 0.377 e. The summed E-state index contributed by atoms with van der Waals surface area (Å²) in [5.74, 6) is 0. The fourth-order valence-corrected chi connectivity index (χ4v) is 5.41. The molecule has 0 aliphatic rings. The van der Waals surface area contributed by atoms with E-state index in [1.807, 2.05) is 0 Å². The molecule has 0 aromatic rings. The lowest BCUT2D eigenvalue weighted by Crippen LogP contribution is -2.46. The lowest BCUT2D eigenvalue weighted by atomic mass is 10.3. The molecule has 28 heavy (non-hydrogen) atoms. The van der Waals surface area contributed by atoms with Crippen LogP contribution in [0, 0.1) is 0 Å². The van der Waals surface area contributed by atoms with Crippen LogP contribution < -0.4 is 0 Å². The van der Waals surface area contributed by atoms with E-state index in [1.54, 1.807) is 21.3 Å². The topological polar surface area (TPSA) is 37.4 Å². The Bertz CT molecular complexity index is 319. The summed E-state index contributed by atoms with van der Waals surface area (Å²) in [5.41, 5.74) is 0. The van der Waals surface area contributed by atoms with Crippen molar-refractivity contribution >= 4 is 8.80 Å². The van der Waals surface area contributed by atoms with Gasteiger partial charge in [0.1, 0.15) is 0 Å². The van der Waals surface area contributed by atoms with Crippen LogP contribution in [0.4, 0.5) is 0 Å². The summed E-state index contributed by atoms with van der Waals surface area (Å²) in [5, 5.41) is 0. The molecule has 0 aromatic heterocycles. The Morgan fingerprint density at radius 1 is 0.536 bits per heavy atom. The molecule has 170 valence electrons. The number of hydrogen-bond donors (Lipinski definition) is 0. The molecule has 0 rings (SSSR count). The van der Waals surface area contributed by atoms with E-state index in [2.05, 4.69) is 42.4 Å². The van der Waals surface area contributed by atoms with Crippen molar-refractivity contribution in [3.05, 3.63) is 0 Å². The third-order valence-corrected chi connectivity index (χ3v) is 8.24. The summed E-state index contributed by atoms with van der Waals surface area (Å²) in [6.07, 6.45) is 4.88. The van der Waals surface area contributed by atoms with Gasteiger partial charge in [0.05, 0.1) is 0 Å². The lowest BCUT2D eigenvalue weighted by molar-refractivity contribution is 0.117. The minimum Gasteiger partial charge on any atom is -0.377 e. The monoisotopic (exact) mass is 419 g/mol. The maximum atomic E-state index is 5.62. The molecule has 0 spiro atoms. The fraction of sp³-hybridized carbons (Fsp3) is 1.00. The molecule has 0 aliphatic carbocycles. The van der Waals surface area contributed by atoms with Crippen molar-refractivity contribution in [2.75, 3.05) is 80.2 Å². The van der Waals surface area contributed by atoms with E-state index in [1.165, 1.54) is 51.9 Å². The second-order valence-electron chi connectivity index (χ2n) is 7.46. The Balaban J connectivity index is 4.63. The van der Waals surface area contributed by atoms with Crippen molar-refractivity contribution in [1.29, 1.82) is 0 Å². The predicted octanol–water partition coefficient (Wildman–Crippen LogP) is 3.41. The summed E-state index contributed by atoms with van der Waals surface area (Å²) < 4.78 is 16.9. The first-order chi connectivity index (χ1) is 13.5. The van der Waals surface area contributed by atoms with Crippen LogP contribution in [0.3, 0.4) is 0 Å². The van der Waals surface area contributed by atoms with Gasteiger partial charge in [-0.25, -0.2) is 0 Å². The minimum atomic E-state index is -2.50. The highest BCUT2D eigenvalue weighted by molar-refractivity contribution is 6.60. The minimum absolute atomic E-state index is 0.843. The van der Waals surface area contributed by atoms with Gasteiger partial charge in [0, 0.05) is 33.9 Å². The molecule has 7 heteroatoms. The quantitative estimate of drug-likeness (QED) is 0.282. The van der Waals surface area contributed by atoms with Crippen molar-refractivity contribution in [3.63, 3.8) is 0 Å². The molecule has 0 aliphatic heterocycles. The third kappa shape index (κ3) is 11.9. The molecule has 0 fully saturated rings. The van der Waals surface area contributed by atoms with Gasteiger partial charge in [-0.3, -0.25) is 0 Å². The summed E-state index contributed by atoms with van der Waals surface area (Å²) >= 11 is 0. The van der Waals surface area contributed by atoms with Crippen molar-refractivity contribution in [2.24, 2.45) is 0 Å². The largest absolute Gasteiger partial charge is 0.501 e. The fourth-order valence-electron chi connectivity index (χ4n) is 3.71. The van der Waals surface area contributed by atoms with Crippen molar-refractivity contribution < 1.29 is 13.3 Å². The molecular weight excluding hydrogens is 370 g/mol. The maximum Gasteiger partial charge on any atom is 0.501 e. The average molecular weight is 420 g/mol. The van der Waals surface area contributed by atoms with E-state index >= 15 is 0 Å². The molecule has 0 saturated carbocycles. The van der Waals surface area contributed by atoms with Crippen LogP contribution in [-0.2, 0) is 13.3 Å². The molecule has 0 bridgehead atoms. The summed E-state index contributed by atoms with van der Waals surface area (Å²) in [7, 11) is 2.61. The van der Waals surface area contributed by atoms with Gasteiger partial charge in [-0.05, 0) is 78.0 Å². The Labute approximate surface area is 176 Å². The van der Waals surface area contributed by atoms with Crippen LogP contribution in [0.15, 0.2) is 0 Å². The normalized spacial score (nSPS) is 12.6. The molecular formula is C21H49N3O3Si. The Hall–Kier alpha value is -0.0231. The van der Waals surface area contributed by atoms with Gasteiger partial charge in [0.15, 0.2) is 0 Å². The van der Waals surface area contributed by atoms with Crippen LogP contribution in [0.5, 0.6) is 0 Å². The van der Waals surface area contributed by atoms with Gasteiger partial charge in [-0.1, -0.05) is 27.7 Å². The molecule has 0 atom stereocenters. The van der Waals surface area contributed by atoms with E-state index in [4.69, 9.17) is 13.3 Å². The van der Waals surface area contributed by atoms with Gasteiger partial charge in [0.2, 0.25) is 0 Å². The second kappa shape index (κ2) is 17.8. The van der Waals surface area contributed by atoms with Gasteiger partial charge in [-0.15, -0.1) is 0 Å². The molecule has 0 aromatic carbocycles. The average Bonchev–Trinajstić information content (AvgIpc) is 2.73. The van der Waals surface area contributed by atoms with E-state index in [9.17, 15) is 0 Å². The van der Waals surface area contributed by atoms with E-state index in [-0.39, 0.29) is 0 Å². The summed E-state index contributed by atoms with van der Waals surface area (Å²) in [6.45, 7) is 19.3. The zero-order valence-electron chi connectivity index (χ0n) is 20.0. The molecule has 0 N–H and O–H groups in total. The number of nitrogens with zero attached hydrogens (tertiary/aromatic N) is 3. The third-order valence-electron chi connectivity index (χ3n) is 5.54. The standard InChI is InChI=1S/C21H49N3O3Si/c1-8-14-22(10-3)16-12-18-24(19-13-17-23(11-4)15-9-2)20-21-28(25-5,26-6)27-7/h8-21H2,1-7H3. The summed E-state index contributed by atoms with van der Waals surface area (Å²) in [4.78, 5) is 7.69. The zero-order valence-corrected chi connectivity index (χ0v) is 21.0. The Morgan fingerprint density at radius 3 is 1.25 bits per heavy atom. The van der Waals surface area contributed by atoms with E-state index < -0.39 is 8.80 Å². The number of hydrogen-bond acceptors (Lipinski definition) is 6. The molecule has 0 saturated heterocycles. The van der Waals surface area contributed by atoms with Crippen molar-refractivity contribution in [1.82, 2.24) is 14.7 Å². The SMILES string of the molecule is CCCN(CC)CCCN(CCCN(CC)CCC)CC[Si](OC)(OC)OC. The van der Waals surface area contributed by atoms with Gasteiger partial charge in [-0.2, -0.15) is 0 Å². The van der Waals surface area contributed by atoms with Gasteiger partial charge < -0.3 is 28.0 Å². The van der Waals surface area contributed by atoms with Crippen LogP contribution in [-0.4, -0.2) is 104 Å². The highest BCUT2D eigenvalue weighted by Crippen LogP contribution is 2.14. The van der Waals surface area contributed by atoms with Gasteiger partial charge in [0.25, 0.3) is 0 Å². The molecule has 0 amide bonds. The van der Waals surface area contributed by atoms with Crippen LogP contribution >= 0.6 is 0 Å². The van der Waals surface area contributed by atoms with Crippen molar-refractivity contribution in [3.8, 4) is 0 Å². The van der Waals surface area contributed by atoms with E-state index in [0.717, 1.165) is 38.8 Å². The highest BCUT2D eigenvalue weighted by atomic mass is 28.4. The zero-order chi connectivity index (χ0) is 21.3. The van der Waals surface area contributed by atoms with E-state index in [0.29, 0.717) is 0 Å². The Kier molecular flexibility index (Phi) is 17.8. The molecule has 6 nitrogen and oxygen atoms in total. The van der Waals surface area contributed by atoms with Gasteiger partial charge >= 0.3 is 8.80 Å². The lowest BCUT2D eigenvalue weighted by Gasteiger charge is -2.30. The molecule has 0 unspecified atom stereocenters. The van der Waals surface area contributed by atoms with Crippen LogP contribution in [0.2, 0.25) is 6.04 Å². The predicted molar refractivity (Wildman–Crippen MR) is 122 cm³/mol. The molecule has 0 radical (unpaired) electrons. The second-order valence-corrected chi connectivity index (χ2v) is 10.6. The first kappa shape index (κ1) is 28.0. The maximum absolute atomic E-state index is 5.62. The summed E-state index contributed by atoms with van der Waals surface area (Å²) in [6, 6.07) is 0.843. The van der Waals surface area contributed by atoms with Crippen LogP contribution in [0.25, 0.3) is 0 Å². The molecule has 0 heterocycles. The van der Waals surface area contributed by atoms with Crippen LogP contribution in [0.1, 0.15) is 53.4 Å². The first-order valence-electron chi connectivity index (χ1n) is 11.4. The Morgan fingerprint density at radius 2 is 0.929 bits per heavy atom. The number of rotatable bonds is 20. The highest BCUT2D eigenvalue weighted by Gasteiger charge is 2.37. The van der Waals surface area contributed by atoms with Crippen molar-refractivity contribution in [2.45, 2.75) is 59.4 Å². The first-order valence-corrected chi connectivity index (χ1v) is 13.3.